The third-order valence-electron chi connectivity index (χ3n) is 2.41. The van der Waals surface area contributed by atoms with Crippen LogP contribution in [0, 0.1) is 13.7 Å². The van der Waals surface area contributed by atoms with Gasteiger partial charge in [-0.25, -0.2) is 4.98 Å². The van der Waals surface area contributed by atoms with E-state index < -0.39 is 4.92 Å². The molecule has 1 aromatic heterocycles. The van der Waals surface area contributed by atoms with E-state index in [0.29, 0.717) is 8.04 Å². The van der Waals surface area contributed by atoms with E-state index >= 15 is 0 Å². The summed E-state index contributed by atoms with van der Waals surface area (Å²) in [5.41, 5.74) is 3.09. The Morgan fingerprint density at radius 2 is 2.29 bits per heavy atom. The van der Waals surface area contributed by atoms with Crippen molar-refractivity contribution in [1.82, 2.24) is 4.98 Å². The first-order valence-electron chi connectivity index (χ1n) is 5.55. The van der Waals surface area contributed by atoms with Gasteiger partial charge in [0.15, 0.2) is 0 Å². The maximum Gasteiger partial charge on any atom is 0.313 e. The Morgan fingerprint density at radius 1 is 1.52 bits per heavy atom. The second-order valence-electron chi connectivity index (χ2n) is 3.83. The smallest absolute Gasteiger partial charge is 0.313 e. The number of benzene rings is 1. The van der Waals surface area contributed by atoms with Crippen molar-refractivity contribution in [2.45, 2.75) is 0 Å². The zero-order valence-electron chi connectivity index (χ0n) is 10.3. The minimum atomic E-state index is -0.537. The van der Waals surface area contributed by atoms with Crippen LogP contribution in [0.1, 0.15) is 5.56 Å². The van der Waals surface area contributed by atoms with Crippen LogP contribution in [-0.2, 0) is 0 Å². The Hall–Kier alpha value is -1.75. The number of anilines is 1. The van der Waals surface area contributed by atoms with Gasteiger partial charge in [-0.05, 0) is 62.3 Å². The fraction of sp³-hybridized carbons (Fsp3) is 0. The number of phenolic OH excluding ortho intramolecular Hbond substituents is 1. The standard InChI is InChI=1S/C12H8BrIN4O3/c13-8-4-7(5-9(14)11(8)19)6-16-17-12-10(18(20)21)2-1-3-15-12/h1-6,19H,(H,15,17)/b16-6-. The normalized spacial score (nSPS) is 10.8. The van der Waals surface area contributed by atoms with Crippen molar-refractivity contribution in [3.8, 4) is 5.75 Å². The van der Waals surface area contributed by atoms with Crippen molar-refractivity contribution in [2.24, 2.45) is 5.10 Å². The number of hydrogen-bond donors (Lipinski definition) is 2. The average Bonchev–Trinajstić information content (AvgIpc) is 2.45. The molecule has 2 N–H and O–H groups in total. The molecule has 0 fully saturated rings. The Bertz CT molecular complexity index is 700. The lowest BCUT2D eigenvalue weighted by molar-refractivity contribution is -0.384. The molecule has 0 unspecified atom stereocenters. The number of nitro groups is 1. The predicted molar refractivity (Wildman–Crippen MR) is 90.6 cm³/mol. The van der Waals surface area contributed by atoms with Gasteiger partial charge < -0.3 is 5.11 Å². The molecule has 1 aromatic carbocycles. The van der Waals surface area contributed by atoms with Gasteiger partial charge >= 0.3 is 5.69 Å². The summed E-state index contributed by atoms with van der Waals surface area (Å²) in [6.07, 6.45) is 2.91. The number of aromatic nitrogens is 1. The number of rotatable bonds is 4. The van der Waals surface area contributed by atoms with E-state index in [0.717, 1.165) is 5.56 Å². The molecule has 0 aliphatic rings. The average molecular weight is 463 g/mol. The van der Waals surface area contributed by atoms with Crippen LogP contribution in [0.3, 0.4) is 0 Å². The molecule has 0 aliphatic carbocycles. The maximum absolute atomic E-state index is 10.8. The Morgan fingerprint density at radius 3 is 2.95 bits per heavy atom. The highest BCUT2D eigenvalue weighted by molar-refractivity contribution is 14.1. The maximum atomic E-state index is 10.8. The van der Waals surface area contributed by atoms with Gasteiger partial charge in [0.25, 0.3) is 0 Å². The zero-order chi connectivity index (χ0) is 15.4. The van der Waals surface area contributed by atoms with Gasteiger partial charge in [-0.15, -0.1) is 0 Å². The fourth-order valence-corrected chi connectivity index (χ4v) is 2.96. The fourth-order valence-electron chi connectivity index (χ4n) is 1.46. The SMILES string of the molecule is O=[N+]([O-])c1cccnc1N/N=C\c1cc(Br)c(O)c(I)c1. The lowest BCUT2D eigenvalue weighted by Crippen LogP contribution is -1.99. The van der Waals surface area contributed by atoms with E-state index in [1.807, 2.05) is 22.6 Å². The molecular weight excluding hydrogens is 455 g/mol. The van der Waals surface area contributed by atoms with Crippen LogP contribution in [-0.4, -0.2) is 21.2 Å². The summed E-state index contributed by atoms with van der Waals surface area (Å²) in [6, 6.07) is 6.21. The van der Waals surface area contributed by atoms with E-state index in [9.17, 15) is 15.2 Å². The number of halogens is 2. The van der Waals surface area contributed by atoms with Crippen molar-refractivity contribution < 1.29 is 10.0 Å². The van der Waals surface area contributed by atoms with Crippen LogP contribution < -0.4 is 5.43 Å². The summed E-state index contributed by atoms with van der Waals surface area (Å²) < 4.78 is 1.20. The molecule has 0 bridgehead atoms. The minimum Gasteiger partial charge on any atom is -0.506 e. The summed E-state index contributed by atoms with van der Waals surface area (Å²) >= 11 is 5.22. The molecule has 9 heteroatoms. The first-order chi connectivity index (χ1) is 9.99. The predicted octanol–water partition coefficient (Wildman–Crippen LogP) is 3.51. The molecule has 108 valence electrons. The number of nitrogens with zero attached hydrogens (tertiary/aromatic N) is 3. The molecule has 0 radical (unpaired) electrons. The van der Waals surface area contributed by atoms with Crippen molar-refractivity contribution in [2.75, 3.05) is 5.43 Å². The van der Waals surface area contributed by atoms with Crippen molar-refractivity contribution in [3.05, 3.63) is 54.2 Å². The summed E-state index contributed by atoms with van der Waals surface area (Å²) in [5.74, 6) is 0.215. The largest absolute Gasteiger partial charge is 0.506 e. The highest BCUT2D eigenvalue weighted by Crippen LogP contribution is 2.30. The Balaban J connectivity index is 2.19. The molecule has 0 aliphatic heterocycles. The molecular formula is C12H8BrIN4O3. The summed E-state index contributed by atoms with van der Waals surface area (Å²) in [7, 11) is 0. The van der Waals surface area contributed by atoms with Gasteiger partial charge in [-0.3, -0.25) is 15.5 Å². The highest BCUT2D eigenvalue weighted by Gasteiger charge is 2.12. The van der Waals surface area contributed by atoms with E-state index in [4.69, 9.17) is 0 Å². The minimum absolute atomic E-state index is 0.0614. The van der Waals surface area contributed by atoms with Crippen LogP contribution >= 0.6 is 38.5 Å². The van der Waals surface area contributed by atoms with Crippen molar-refractivity contribution >= 4 is 56.2 Å². The molecule has 2 rings (SSSR count). The van der Waals surface area contributed by atoms with Gasteiger partial charge in [0, 0.05) is 12.3 Å². The second-order valence-corrected chi connectivity index (χ2v) is 5.85. The number of hydrogen-bond acceptors (Lipinski definition) is 6. The van der Waals surface area contributed by atoms with Crippen LogP contribution in [0.2, 0.25) is 0 Å². The van der Waals surface area contributed by atoms with Crippen molar-refractivity contribution in [3.63, 3.8) is 0 Å². The molecule has 0 amide bonds. The summed E-state index contributed by atoms with van der Waals surface area (Å²) in [6.45, 7) is 0. The van der Waals surface area contributed by atoms with E-state index in [1.165, 1.54) is 24.5 Å². The van der Waals surface area contributed by atoms with Crippen molar-refractivity contribution in [1.29, 1.82) is 0 Å². The lowest BCUT2D eigenvalue weighted by Gasteiger charge is -2.02. The van der Waals surface area contributed by atoms with Gasteiger partial charge in [-0.2, -0.15) is 5.10 Å². The molecule has 0 saturated heterocycles. The van der Waals surface area contributed by atoms with Gasteiger partial charge in [-0.1, -0.05) is 0 Å². The summed E-state index contributed by atoms with van der Waals surface area (Å²) in [5, 5.41) is 24.4. The first-order valence-corrected chi connectivity index (χ1v) is 7.42. The van der Waals surface area contributed by atoms with Gasteiger partial charge in [0.05, 0.1) is 19.2 Å². The topological polar surface area (TPSA) is 101 Å². The first kappa shape index (κ1) is 15.6. The lowest BCUT2D eigenvalue weighted by atomic mass is 10.2. The van der Waals surface area contributed by atoms with E-state index in [2.05, 4.69) is 31.4 Å². The Labute approximate surface area is 141 Å². The third-order valence-corrected chi connectivity index (χ3v) is 3.83. The number of hydrazone groups is 1. The number of nitrogens with one attached hydrogen (secondary N) is 1. The van der Waals surface area contributed by atoms with Crippen LogP contribution in [0.25, 0.3) is 0 Å². The molecule has 0 atom stereocenters. The number of pyridine rings is 1. The van der Waals surface area contributed by atoms with Gasteiger partial charge in [0.1, 0.15) is 5.75 Å². The molecule has 0 spiro atoms. The number of phenols is 1. The summed E-state index contributed by atoms with van der Waals surface area (Å²) in [4.78, 5) is 14.1. The highest BCUT2D eigenvalue weighted by atomic mass is 127. The second kappa shape index (κ2) is 6.80. The molecule has 21 heavy (non-hydrogen) atoms. The van der Waals surface area contributed by atoms with Crippen LogP contribution in [0.4, 0.5) is 11.5 Å². The zero-order valence-corrected chi connectivity index (χ0v) is 14.1. The van der Waals surface area contributed by atoms with Crippen LogP contribution in [0.5, 0.6) is 5.75 Å². The van der Waals surface area contributed by atoms with Crippen LogP contribution in [0.15, 0.2) is 40.0 Å². The third kappa shape index (κ3) is 3.88. The Kier molecular flexibility index (Phi) is 5.07. The molecule has 0 saturated carbocycles. The molecule has 1 heterocycles. The van der Waals surface area contributed by atoms with E-state index in [-0.39, 0.29) is 17.3 Å². The van der Waals surface area contributed by atoms with E-state index in [1.54, 1.807) is 12.1 Å². The molecule has 2 aromatic rings. The number of aromatic hydroxyl groups is 1. The van der Waals surface area contributed by atoms with Gasteiger partial charge in [0.2, 0.25) is 5.82 Å². The quantitative estimate of drug-likeness (QED) is 0.313. The monoisotopic (exact) mass is 462 g/mol. The molecule has 7 nitrogen and oxygen atoms in total.